The Hall–Kier alpha value is -1.09. The number of aliphatic imine (C=N–C) groups is 1. The summed E-state index contributed by atoms with van der Waals surface area (Å²) in [5, 5.41) is 6.68. The van der Waals surface area contributed by atoms with Gasteiger partial charge >= 0.3 is 0 Å². The fourth-order valence-corrected chi connectivity index (χ4v) is 3.09. The molecule has 1 saturated carbocycles. The van der Waals surface area contributed by atoms with Crippen molar-refractivity contribution in [3.63, 3.8) is 0 Å². The highest BCUT2D eigenvalue weighted by Gasteiger charge is 2.22. The summed E-state index contributed by atoms with van der Waals surface area (Å²) in [6.45, 7) is 11.2. The van der Waals surface area contributed by atoms with E-state index in [0.29, 0.717) is 18.3 Å². The summed E-state index contributed by atoms with van der Waals surface area (Å²) in [6.07, 6.45) is 4.65. The van der Waals surface area contributed by atoms with Crippen molar-refractivity contribution in [3.05, 3.63) is 29.6 Å². The minimum atomic E-state index is -0.300. The van der Waals surface area contributed by atoms with Crippen LogP contribution in [0.3, 0.4) is 0 Å². The second kappa shape index (κ2) is 14.0. The first-order valence-corrected chi connectivity index (χ1v) is 10.7. The molecule has 1 aliphatic carbocycles. The van der Waals surface area contributed by atoms with Gasteiger partial charge in [-0.2, -0.15) is 0 Å². The van der Waals surface area contributed by atoms with Crippen LogP contribution in [0.4, 0.5) is 4.39 Å². The van der Waals surface area contributed by atoms with Crippen molar-refractivity contribution in [2.75, 3.05) is 39.8 Å². The molecule has 2 N–H and O–H groups in total. The van der Waals surface area contributed by atoms with E-state index in [1.54, 1.807) is 19.2 Å². The standard InChI is InChI=1S/C22H37FN4O.HI/c1-5-27(6-2)14-8-7-13-25-22(24-4)26-17(3)19-11-12-21(20(23)15-19)28-16-18-9-10-18;/h11-12,15,17-18H,5-10,13-14,16H2,1-4H3,(H2,24,25,26);1H. The number of halogens is 2. The molecule has 2 rings (SSSR count). The summed E-state index contributed by atoms with van der Waals surface area (Å²) >= 11 is 0. The molecule has 0 radical (unpaired) electrons. The van der Waals surface area contributed by atoms with Crippen LogP contribution in [0.15, 0.2) is 23.2 Å². The Morgan fingerprint density at radius 3 is 2.59 bits per heavy atom. The summed E-state index contributed by atoms with van der Waals surface area (Å²) in [7, 11) is 1.76. The number of unbranched alkanes of at least 4 members (excludes halogenated alkanes) is 1. The Kier molecular flexibility index (Phi) is 12.5. The van der Waals surface area contributed by atoms with E-state index in [1.807, 2.05) is 13.0 Å². The van der Waals surface area contributed by atoms with Gasteiger partial charge in [0.05, 0.1) is 12.6 Å². The molecule has 1 aromatic rings. The Bertz CT molecular complexity index is 621. The highest BCUT2D eigenvalue weighted by molar-refractivity contribution is 14.0. The van der Waals surface area contributed by atoms with Crippen LogP contribution in [0, 0.1) is 11.7 Å². The highest BCUT2D eigenvalue weighted by Crippen LogP contribution is 2.30. The summed E-state index contributed by atoms with van der Waals surface area (Å²) < 4.78 is 19.9. The molecule has 166 valence electrons. The molecule has 0 saturated heterocycles. The van der Waals surface area contributed by atoms with Gasteiger partial charge in [0.2, 0.25) is 0 Å². The number of nitrogens with zero attached hydrogens (tertiary/aromatic N) is 2. The van der Waals surface area contributed by atoms with Crippen molar-refractivity contribution in [2.24, 2.45) is 10.9 Å². The number of rotatable bonds is 12. The third-order valence-corrected chi connectivity index (χ3v) is 5.29. The van der Waals surface area contributed by atoms with Crippen molar-refractivity contribution >= 4 is 29.9 Å². The van der Waals surface area contributed by atoms with E-state index in [0.717, 1.165) is 50.5 Å². The van der Waals surface area contributed by atoms with Crippen molar-refractivity contribution in [3.8, 4) is 5.75 Å². The quantitative estimate of drug-likeness (QED) is 0.183. The monoisotopic (exact) mass is 520 g/mol. The molecule has 1 unspecified atom stereocenters. The van der Waals surface area contributed by atoms with Crippen LogP contribution in [-0.4, -0.2) is 50.7 Å². The van der Waals surface area contributed by atoms with Crippen LogP contribution in [0.25, 0.3) is 0 Å². The largest absolute Gasteiger partial charge is 0.490 e. The van der Waals surface area contributed by atoms with Crippen LogP contribution in [-0.2, 0) is 0 Å². The molecule has 0 spiro atoms. The Morgan fingerprint density at radius 1 is 1.28 bits per heavy atom. The first-order valence-electron chi connectivity index (χ1n) is 10.7. The zero-order valence-electron chi connectivity index (χ0n) is 18.3. The first kappa shape index (κ1) is 25.9. The molecular formula is C22H38FIN4O. The third kappa shape index (κ3) is 9.51. The number of guanidine groups is 1. The van der Waals surface area contributed by atoms with Gasteiger partial charge in [-0.15, -0.1) is 24.0 Å². The van der Waals surface area contributed by atoms with Gasteiger partial charge in [0.1, 0.15) is 0 Å². The predicted molar refractivity (Wildman–Crippen MR) is 130 cm³/mol. The summed E-state index contributed by atoms with van der Waals surface area (Å²) in [5.41, 5.74) is 0.876. The zero-order chi connectivity index (χ0) is 20.4. The average molecular weight is 520 g/mol. The van der Waals surface area contributed by atoms with Gasteiger partial charge in [0.15, 0.2) is 17.5 Å². The van der Waals surface area contributed by atoms with E-state index in [1.165, 1.54) is 12.8 Å². The SMILES string of the molecule is CCN(CC)CCCCNC(=NC)NC(C)c1ccc(OCC2CC2)c(F)c1.I. The van der Waals surface area contributed by atoms with Gasteiger partial charge in [-0.3, -0.25) is 4.99 Å². The van der Waals surface area contributed by atoms with Crippen molar-refractivity contribution in [1.29, 1.82) is 0 Å². The molecular weight excluding hydrogens is 482 g/mol. The molecule has 0 aromatic heterocycles. The number of benzene rings is 1. The molecule has 1 aliphatic rings. The van der Waals surface area contributed by atoms with E-state index >= 15 is 0 Å². The van der Waals surface area contributed by atoms with Gasteiger partial charge < -0.3 is 20.3 Å². The average Bonchev–Trinajstić information content (AvgIpc) is 3.53. The van der Waals surface area contributed by atoms with Gasteiger partial charge in [-0.25, -0.2) is 4.39 Å². The number of hydrogen-bond donors (Lipinski definition) is 2. The number of nitrogens with one attached hydrogen (secondary N) is 2. The maximum Gasteiger partial charge on any atom is 0.191 e. The first-order chi connectivity index (χ1) is 13.6. The van der Waals surface area contributed by atoms with E-state index in [-0.39, 0.29) is 35.8 Å². The predicted octanol–water partition coefficient (Wildman–Crippen LogP) is 4.58. The Balaban J connectivity index is 0.00000420. The molecule has 1 aromatic carbocycles. The van der Waals surface area contributed by atoms with Crippen LogP contribution in [0.2, 0.25) is 0 Å². The lowest BCUT2D eigenvalue weighted by atomic mass is 10.1. The smallest absolute Gasteiger partial charge is 0.191 e. The van der Waals surface area contributed by atoms with Gasteiger partial charge in [0.25, 0.3) is 0 Å². The van der Waals surface area contributed by atoms with Gasteiger partial charge in [0, 0.05) is 13.6 Å². The minimum Gasteiger partial charge on any atom is -0.490 e. The third-order valence-electron chi connectivity index (χ3n) is 5.29. The van der Waals surface area contributed by atoms with Crippen LogP contribution < -0.4 is 15.4 Å². The lowest BCUT2D eigenvalue weighted by molar-refractivity contribution is 0.285. The number of hydrogen-bond acceptors (Lipinski definition) is 3. The fraction of sp³-hybridized carbons (Fsp3) is 0.682. The van der Waals surface area contributed by atoms with Gasteiger partial charge in [-0.1, -0.05) is 19.9 Å². The van der Waals surface area contributed by atoms with Crippen LogP contribution in [0.1, 0.15) is 58.1 Å². The lowest BCUT2D eigenvalue weighted by Gasteiger charge is -2.20. The van der Waals surface area contributed by atoms with Gasteiger partial charge in [-0.05, 0) is 75.9 Å². The van der Waals surface area contributed by atoms with E-state index in [9.17, 15) is 4.39 Å². The molecule has 29 heavy (non-hydrogen) atoms. The highest BCUT2D eigenvalue weighted by atomic mass is 127. The molecule has 1 fully saturated rings. The molecule has 1 atom stereocenters. The second-order valence-electron chi connectivity index (χ2n) is 7.54. The maximum atomic E-state index is 14.3. The normalized spacial score (nSPS) is 15.0. The van der Waals surface area contributed by atoms with E-state index in [4.69, 9.17) is 4.74 Å². The van der Waals surface area contributed by atoms with Crippen molar-refractivity contribution in [2.45, 2.75) is 52.5 Å². The van der Waals surface area contributed by atoms with E-state index < -0.39 is 0 Å². The van der Waals surface area contributed by atoms with Crippen molar-refractivity contribution in [1.82, 2.24) is 15.5 Å². The summed E-state index contributed by atoms with van der Waals surface area (Å²) in [5.74, 6) is 1.40. The zero-order valence-corrected chi connectivity index (χ0v) is 20.7. The molecule has 7 heteroatoms. The maximum absolute atomic E-state index is 14.3. The molecule has 0 amide bonds. The van der Waals surface area contributed by atoms with E-state index in [2.05, 4.69) is 34.4 Å². The fourth-order valence-electron chi connectivity index (χ4n) is 3.09. The second-order valence-corrected chi connectivity index (χ2v) is 7.54. The molecule has 0 heterocycles. The Morgan fingerprint density at radius 2 is 2.00 bits per heavy atom. The number of ether oxygens (including phenoxy) is 1. The summed E-state index contributed by atoms with van der Waals surface area (Å²) in [4.78, 5) is 6.71. The topological polar surface area (TPSA) is 48.9 Å². The van der Waals surface area contributed by atoms with Crippen LogP contribution >= 0.6 is 24.0 Å². The molecule has 0 bridgehead atoms. The minimum absolute atomic E-state index is 0. The van der Waals surface area contributed by atoms with Crippen molar-refractivity contribution < 1.29 is 9.13 Å². The lowest BCUT2D eigenvalue weighted by Crippen LogP contribution is -2.39. The summed E-state index contributed by atoms with van der Waals surface area (Å²) in [6, 6.07) is 5.15. The molecule has 5 nitrogen and oxygen atoms in total. The molecule has 0 aliphatic heterocycles. The Labute approximate surface area is 192 Å². The van der Waals surface area contributed by atoms with Crippen LogP contribution in [0.5, 0.6) is 5.75 Å².